The maximum Gasteiger partial charge on any atom is 0.266 e. The summed E-state index contributed by atoms with van der Waals surface area (Å²) in [6.45, 7) is 2.44. The number of rotatable bonds is 4. The van der Waals surface area contributed by atoms with Gasteiger partial charge in [0.2, 0.25) is 0 Å². The molecule has 0 spiro atoms. The van der Waals surface area contributed by atoms with Crippen LogP contribution in [-0.4, -0.2) is 12.5 Å². The molecule has 6 heteroatoms. The van der Waals surface area contributed by atoms with Crippen molar-refractivity contribution in [1.29, 1.82) is 0 Å². The topological polar surface area (TPSA) is 38.3 Å². The van der Waals surface area contributed by atoms with Crippen molar-refractivity contribution in [2.24, 2.45) is 0 Å². The van der Waals surface area contributed by atoms with Crippen molar-refractivity contribution in [3.8, 4) is 5.75 Å². The van der Waals surface area contributed by atoms with Crippen LogP contribution in [0.2, 0.25) is 5.02 Å². The standard InChI is InChI=1S/C13H11BrClNO2S/c1-2-18-11-4-3-8(7-10(11)15)16-13(17)12-9(14)5-6-19-12/h3-7H,2H2,1H3,(H,16,17). The SMILES string of the molecule is CCOc1ccc(NC(=O)c2sccc2Br)cc1Cl. The van der Waals surface area contributed by atoms with Crippen molar-refractivity contribution < 1.29 is 9.53 Å². The summed E-state index contributed by atoms with van der Waals surface area (Å²) in [7, 11) is 0. The Balaban J connectivity index is 2.14. The highest BCUT2D eigenvalue weighted by Gasteiger charge is 2.12. The number of benzene rings is 1. The summed E-state index contributed by atoms with van der Waals surface area (Å²) in [5, 5.41) is 5.12. The molecule has 0 saturated carbocycles. The van der Waals surface area contributed by atoms with Crippen LogP contribution in [0.3, 0.4) is 0 Å². The number of anilines is 1. The summed E-state index contributed by atoms with van der Waals surface area (Å²) < 4.78 is 6.12. The molecule has 0 aliphatic carbocycles. The minimum Gasteiger partial charge on any atom is -0.492 e. The lowest BCUT2D eigenvalue weighted by Gasteiger charge is -2.08. The van der Waals surface area contributed by atoms with Crippen molar-refractivity contribution in [3.05, 3.63) is 44.0 Å². The molecule has 0 atom stereocenters. The second-order valence-electron chi connectivity index (χ2n) is 3.63. The molecule has 0 aliphatic rings. The number of hydrogen-bond acceptors (Lipinski definition) is 3. The second-order valence-corrected chi connectivity index (χ2v) is 5.81. The van der Waals surface area contributed by atoms with Gasteiger partial charge in [0, 0.05) is 10.2 Å². The van der Waals surface area contributed by atoms with Gasteiger partial charge in [-0.05, 0) is 52.5 Å². The molecule has 2 rings (SSSR count). The van der Waals surface area contributed by atoms with Crippen molar-refractivity contribution in [2.45, 2.75) is 6.92 Å². The van der Waals surface area contributed by atoms with Gasteiger partial charge in [0.25, 0.3) is 5.91 Å². The molecule has 0 fully saturated rings. The van der Waals surface area contributed by atoms with E-state index in [1.807, 2.05) is 18.4 Å². The van der Waals surface area contributed by atoms with Crippen LogP contribution in [0, 0.1) is 0 Å². The second kappa shape index (κ2) is 6.41. The van der Waals surface area contributed by atoms with Gasteiger partial charge in [-0.25, -0.2) is 0 Å². The monoisotopic (exact) mass is 359 g/mol. The Hall–Kier alpha value is -1.04. The lowest BCUT2D eigenvalue weighted by molar-refractivity contribution is 0.103. The summed E-state index contributed by atoms with van der Waals surface area (Å²) in [6.07, 6.45) is 0. The first-order valence-corrected chi connectivity index (χ1v) is 7.63. The van der Waals surface area contributed by atoms with Gasteiger partial charge in [-0.15, -0.1) is 11.3 Å². The van der Waals surface area contributed by atoms with E-state index in [4.69, 9.17) is 16.3 Å². The minimum absolute atomic E-state index is 0.165. The Morgan fingerprint density at radius 3 is 2.84 bits per heavy atom. The number of hydrogen-bond donors (Lipinski definition) is 1. The molecule has 1 amide bonds. The normalized spacial score (nSPS) is 10.3. The van der Waals surface area contributed by atoms with Crippen LogP contribution >= 0.6 is 38.9 Å². The maximum absolute atomic E-state index is 12.0. The van der Waals surface area contributed by atoms with E-state index in [0.29, 0.717) is 27.9 Å². The van der Waals surface area contributed by atoms with Gasteiger partial charge in [0.05, 0.1) is 11.6 Å². The van der Waals surface area contributed by atoms with Crippen molar-refractivity contribution in [1.82, 2.24) is 0 Å². The predicted octanol–water partition coefficient (Wildman–Crippen LogP) is 4.82. The highest BCUT2D eigenvalue weighted by atomic mass is 79.9. The maximum atomic E-state index is 12.0. The number of halogens is 2. The number of carbonyl (C=O) groups excluding carboxylic acids is 1. The van der Waals surface area contributed by atoms with Crippen LogP contribution in [-0.2, 0) is 0 Å². The van der Waals surface area contributed by atoms with Gasteiger partial charge < -0.3 is 10.1 Å². The van der Waals surface area contributed by atoms with Crippen molar-refractivity contribution >= 4 is 50.5 Å². The van der Waals surface area contributed by atoms with E-state index in [2.05, 4.69) is 21.2 Å². The zero-order valence-corrected chi connectivity index (χ0v) is 13.2. The molecule has 2 aromatic rings. The Kier molecular flexibility index (Phi) is 4.85. The highest BCUT2D eigenvalue weighted by Crippen LogP contribution is 2.29. The molecule has 19 heavy (non-hydrogen) atoms. The number of carbonyl (C=O) groups is 1. The summed E-state index contributed by atoms with van der Waals surface area (Å²) in [5.41, 5.74) is 0.638. The summed E-state index contributed by atoms with van der Waals surface area (Å²) in [5.74, 6) is 0.446. The fraction of sp³-hybridized carbons (Fsp3) is 0.154. The average molecular weight is 361 g/mol. The molecule has 0 radical (unpaired) electrons. The average Bonchev–Trinajstić information content (AvgIpc) is 2.79. The molecule has 0 saturated heterocycles. The van der Waals surface area contributed by atoms with Crippen LogP contribution in [0.5, 0.6) is 5.75 Å². The predicted molar refractivity (Wildman–Crippen MR) is 82.6 cm³/mol. The molecule has 1 aromatic carbocycles. The molecule has 3 nitrogen and oxygen atoms in total. The highest BCUT2D eigenvalue weighted by molar-refractivity contribution is 9.10. The lowest BCUT2D eigenvalue weighted by Crippen LogP contribution is -2.10. The zero-order chi connectivity index (χ0) is 13.8. The van der Waals surface area contributed by atoms with Crippen LogP contribution in [0.4, 0.5) is 5.69 Å². The summed E-state index contributed by atoms with van der Waals surface area (Å²) >= 11 is 10.8. The van der Waals surface area contributed by atoms with E-state index < -0.39 is 0 Å². The molecule has 0 bridgehead atoms. The Morgan fingerprint density at radius 1 is 1.47 bits per heavy atom. The van der Waals surface area contributed by atoms with Gasteiger partial charge >= 0.3 is 0 Å². The minimum atomic E-state index is -0.165. The van der Waals surface area contributed by atoms with Gasteiger partial charge in [0.15, 0.2) is 0 Å². The molecule has 1 N–H and O–H groups in total. The van der Waals surface area contributed by atoms with E-state index in [1.165, 1.54) is 11.3 Å². The number of amides is 1. The molecule has 1 aromatic heterocycles. The summed E-state index contributed by atoms with van der Waals surface area (Å²) in [4.78, 5) is 12.6. The number of thiophene rings is 1. The largest absolute Gasteiger partial charge is 0.492 e. The third-order valence-corrected chi connectivity index (χ3v) is 4.44. The Morgan fingerprint density at radius 2 is 2.26 bits per heavy atom. The molecule has 100 valence electrons. The lowest BCUT2D eigenvalue weighted by atomic mass is 10.3. The van der Waals surface area contributed by atoms with Crippen LogP contribution < -0.4 is 10.1 Å². The fourth-order valence-electron chi connectivity index (χ4n) is 1.49. The molecule has 0 aliphatic heterocycles. The van der Waals surface area contributed by atoms with Gasteiger partial charge in [-0.1, -0.05) is 11.6 Å². The van der Waals surface area contributed by atoms with Crippen LogP contribution in [0.25, 0.3) is 0 Å². The Labute approximate surface area is 128 Å². The van der Waals surface area contributed by atoms with Gasteiger partial charge in [0.1, 0.15) is 10.6 Å². The molecular formula is C13H11BrClNO2S. The van der Waals surface area contributed by atoms with Crippen molar-refractivity contribution in [2.75, 3.05) is 11.9 Å². The first-order chi connectivity index (χ1) is 9.11. The first-order valence-electron chi connectivity index (χ1n) is 5.58. The van der Waals surface area contributed by atoms with Crippen LogP contribution in [0.15, 0.2) is 34.1 Å². The van der Waals surface area contributed by atoms with E-state index in [1.54, 1.807) is 18.2 Å². The smallest absolute Gasteiger partial charge is 0.266 e. The number of nitrogens with one attached hydrogen (secondary N) is 1. The zero-order valence-electron chi connectivity index (χ0n) is 10.1. The third kappa shape index (κ3) is 3.49. The third-order valence-electron chi connectivity index (χ3n) is 2.31. The number of ether oxygens (including phenoxy) is 1. The van der Waals surface area contributed by atoms with E-state index in [0.717, 1.165) is 4.47 Å². The quantitative estimate of drug-likeness (QED) is 0.849. The Bertz CT molecular complexity index is 600. The molecule has 0 unspecified atom stereocenters. The summed E-state index contributed by atoms with van der Waals surface area (Å²) in [6, 6.07) is 7.01. The van der Waals surface area contributed by atoms with E-state index in [-0.39, 0.29) is 5.91 Å². The molecule has 1 heterocycles. The van der Waals surface area contributed by atoms with Crippen LogP contribution in [0.1, 0.15) is 16.6 Å². The fourth-order valence-corrected chi connectivity index (χ4v) is 3.18. The first kappa shape index (κ1) is 14.4. The molecular weight excluding hydrogens is 350 g/mol. The van der Waals surface area contributed by atoms with Crippen molar-refractivity contribution in [3.63, 3.8) is 0 Å². The van der Waals surface area contributed by atoms with Gasteiger partial charge in [-0.2, -0.15) is 0 Å². The van der Waals surface area contributed by atoms with Gasteiger partial charge in [-0.3, -0.25) is 4.79 Å². The van der Waals surface area contributed by atoms with E-state index >= 15 is 0 Å². The van der Waals surface area contributed by atoms with E-state index in [9.17, 15) is 4.79 Å².